The van der Waals surface area contributed by atoms with Gasteiger partial charge in [-0.2, -0.15) is 13.2 Å². The second-order valence-electron chi connectivity index (χ2n) is 9.12. The highest BCUT2D eigenvalue weighted by Crippen LogP contribution is 2.60. The van der Waals surface area contributed by atoms with E-state index in [1.807, 2.05) is 0 Å². The van der Waals surface area contributed by atoms with Gasteiger partial charge in [0, 0.05) is 0 Å². The lowest BCUT2D eigenvalue weighted by Crippen LogP contribution is -3.01. The summed E-state index contributed by atoms with van der Waals surface area (Å²) in [5, 5.41) is 11.1. The predicted molar refractivity (Wildman–Crippen MR) is 102 cm³/mol. The van der Waals surface area contributed by atoms with Gasteiger partial charge in [-0.25, -0.2) is 0 Å². The molecule has 0 saturated heterocycles. The van der Waals surface area contributed by atoms with Crippen LogP contribution in [-0.2, 0) is 9.53 Å². The molecule has 0 aromatic carbocycles. The number of hydroxylamine groups is 1. The van der Waals surface area contributed by atoms with Crippen LogP contribution in [0.5, 0.6) is 0 Å². The molecule has 1 atom stereocenters. The van der Waals surface area contributed by atoms with Crippen LogP contribution in [0.3, 0.4) is 0 Å². The van der Waals surface area contributed by atoms with E-state index in [2.05, 4.69) is 0 Å². The number of unbranched alkanes of at least 4 members (excludes halogenated alkanes) is 5. The van der Waals surface area contributed by atoms with Crippen molar-refractivity contribution < 1.29 is 27.2 Å². The summed E-state index contributed by atoms with van der Waals surface area (Å²) in [6, 6.07) is 0. The van der Waals surface area contributed by atoms with Crippen LogP contribution in [0.4, 0.5) is 13.2 Å². The first-order valence-corrected chi connectivity index (χ1v) is 11.5. The summed E-state index contributed by atoms with van der Waals surface area (Å²) in [6.45, 7) is 0.453. The third-order valence-corrected chi connectivity index (χ3v) is 7.37. The zero-order valence-corrected chi connectivity index (χ0v) is 17.2. The third kappa shape index (κ3) is 6.26. The van der Waals surface area contributed by atoms with Crippen LogP contribution in [-0.4, -0.2) is 24.6 Å². The van der Waals surface area contributed by atoms with E-state index in [1.165, 1.54) is 19.3 Å². The van der Waals surface area contributed by atoms with E-state index >= 15 is 0 Å². The van der Waals surface area contributed by atoms with Crippen molar-refractivity contribution in [3.63, 3.8) is 0 Å². The summed E-state index contributed by atoms with van der Waals surface area (Å²) in [6.07, 6.45) is 11.9. The second kappa shape index (κ2) is 9.56. The third-order valence-electron chi connectivity index (χ3n) is 6.71. The molecule has 4 bridgehead atoms. The molecular formula is C20H32F3NO3S. The summed E-state index contributed by atoms with van der Waals surface area (Å²) in [5.41, 5.74) is -4.65. The molecule has 4 saturated carbocycles. The number of carbonyl (C=O) groups excluding carboxylic acids is 1. The Kier molecular flexibility index (Phi) is 7.59. The molecule has 4 aliphatic carbocycles. The van der Waals surface area contributed by atoms with Gasteiger partial charge in [-0.05, 0) is 75.5 Å². The van der Waals surface area contributed by atoms with Crippen LogP contribution in [0, 0.1) is 28.4 Å². The number of hydrogen-bond donors (Lipinski definition) is 1. The van der Waals surface area contributed by atoms with Crippen molar-refractivity contribution in [1.29, 1.82) is 0 Å². The van der Waals surface area contributed by atoms with E-state index in [0.717, 1.165) is 69.1 Å². The average molecular weight is 424 g/mol. The molecule has 8 heteroatoms. The summed E-state index contributed by atoms with van der Waals surface area (Å²) in [4.78, 5) is 12.7. The monoisotopic (exact) mass is 423 g/mol. The number of carbonyl (C=O) groups is 1. The number of ether oxygens (including phenoxy) is 1. The Morgan fingerprint density at radius 1 is 0.964 bits per heavy atom. The molecular weight excluding hydrogens is 391 g/mol. The Balaban J connectivity index is 1.20. The Morgan fingerprint density at radius 2 is 1.46 bits per heavy atom. The topological polar surface area (TPSA) is 53.8 Å². The number of hydrogen-bond acceptors (Lipinski definition) is 4. The van der Waals surface area contributed by atoms with Gasteiger partial charge < -0.3 is 14.4 Å². The fourth-order valence-electron chi connectivity index (χ4n) is 5.94. The maximum atomic E-state index is 12.7. The number of alkyl halides is 3. The van der Waals surface area contributed by atoms with E-state index in [1.54, 1.807) is 0 Å². The molecule has 0 aliphatic heterocycles. The van der Waals surface area contributed by atoms with Crippen molar-refractivity contribution in [2.24, 2.45) is 23.2 Å². The lowest BCUT2D eigenvalue weighted by molar-refractivity contribution is -0.698. The maximum absolute atomic E-state index is 12.7. The molecule has 0 aromatic heterocycles. The molecule has 0 radical (unpaired) electrons. The van der Waals surface area contributed by atoms with E-state index in [4.69, 9.17) is 4.74 Å². The van der Waals surface area contributed by atoms with Gasteiger partial charge >= 0.3 is 11.5 Å². The van der Waals surface area contributed by atoms with Gasteiger partial charge in [-0.15, -0.1) is 0 Å². The van der Waals surface area contributed by atoms with Crippen LogP contribution in [0.2, 0.25) is 0 Å². The maximum Gasteiger partial charge on any atom is 0.496 e. The molecule has 0 aromatic rings. The van der Waals surface area contributed by atoms with Gasteiger partial charge in [0.2, 0.25) is 0 Å². The Hall–Kier alpha value is -0.470. The average Bonchev–Trinajstić information content (AvgIpc) is 2.57. The summed E-state index contributed by atoms with van der Waals surface area (Å²) >= 11 is -0.533. The highest BCUT2D eigenvalue weighted by Gasteiger charge is 2.55. The number of halogens is 3. The summed E-state index contributed by atoms with van der Waals surface area (Å²) in [7, 11) is 0. The second-order valence-corrected chi connectivity index (χ2v) is 10.2. The standard InChI is InChI=1S/C20H32F3NO3S/c21-20(22,23)28-24(26)7-5-3-1-2-4-6-8-27-18(25)19-12-15-9-16(13-19)11-17(10-15)14-19/h15-17,24H,1-14H2. The minimum absolute atomic E-state index is 0.0210. The highest BCUT2D eigenvalue weighted by molar-refractivity contribution is 7.93. The number of nitrogens with one attached hydrogen (secondary N) is 1. The minimum Gasteiger partial charge on any atom is -0.621 e. The zero-order valence-electron chi connectivity index (χ0n) is 16.4. The highest BCUT2D eigenvalue weighted by atomic mass is 32.2. The first-order valence-electron chi connectivity index (χ1n) is 10.7. The molecule has 162 valence electrons. The van der Waals surface area contributed by atoms with Crippen molar-refractivity contribution in [3.8, 4) is 0 Å². The number of rotatable bonds is 11. The normalized spacial score (nSPS) is 32.5. The molecule has 1 unspecified atom stereocenters. The van der Waals surface area contributed by atoms with Gasteiger partial charge in [0.15, 0.2) is 11.9 Å². The van der Waals surface area contributed by atoms with Crippen LogP contribution < -0.4 is 4.47 Å². The first-order chi connectivity index (χ1) is 13.3. The fourth-order valence-corrected chi connectivity index (χ4v) is 6.44. The van der Waals surface area contributed by atoms with Crippen molar-refractivity contribution in [1.82, 2.24) is 0 Å². The summed E-state index contributed by atoms with van der Waals surface area (Å²) in [5.74, 6) is 2.24. The lowest BCUT2D eigenvalue weighted by atomic mass is 9.49. The molecule has 4 rings (SSSR count). The van der Waals surface area contributed by atoms with Crippen molar-refractivity contribution in [2.75, 3.05) is 13.2 Å². The Labute approximate surface area is 169 Å². The van der Waals surface area contributed by atoms with Crippen LogP contribution in [0.1, 0.15) is 77.0 Å². The number of esters is 1. The quantitative estimate of drug-likeness (QED) is 0.228. The van der Waals surface area contributed by atoms with Crippen LogP contribution in [0.15, 0.2) is 0 Å². The predicted octanol–water partition coefficient (Wildman–Crippen LogP) is 4.64. The number of quaternary nitrogens is 1. The Morgan fingerprint density at radius 3 is 2.00 bits per heavy atom. The van der Waals surface area contributed by atoms with Crippen molar-refractivity contribution >= 4 is 17.9 Å². The molecule has 0 heterocycles. The van der Waals surface area contributed by atoms with E-state index < -0.39 is 21.9 Å². The van der Waals surface area contributed by atoms with Crippen LogP contribution >= 0.6 is 11.9 Å². The van der Waals surface area contributed by atoms with Gasteiger partial charge in [0.05, 0.1) is 18.6 Å². The Bertz CT molecular complexity index is 494. The zero-order chi connectivity index (χ0) is 20.2. The van der Waals surface area contributed by atoms with Gasteiger partial charge in [-0.1, -0.05) is 19.3 Å². The van der Waals surface area contributed by atoms with Crippen molar-refractivity contribution in [2.45, 2.75) is 82.6 Å². The van der Waals surface area contributed by atoms with Gasteiger partial charge in [-0.3, -0.25) is 4.79 Å². The minimum atomic E-state index is -4.47. The molecule has 0 spiro atoms. The van der Waals surface area contributed by atoms with Gasteiger partial charge in [0.1, 0.15) is 0 Å². The van der Waals surface area contributed by atoms with Gasteiger partial charge in [0.25, 0.3) is 0 Å². The molecule has 28 heavy (non-hydrogen) atoms. The molecule has 4 nitrogen and oxygen atoms in total. The SMILES string of the molecule is O=C(OCCCCCCCC[NH+]([O-])SC(F)(F)F)C12CC3CC(CC(C3)C1)C2. The molecule has 4 fully saturated rings. The summed E-state index contributed by atoms with van der Waals surface area (Å²) < 4.78 is 40.9. The molecule has 0 amide bonds. The van der Waals surface area contributed by atoms with E-state index in [-0.39, 0.29) is 17.9 Å². The lowest BCUT2D eigenvalue weighted by Gasteiger charge is -2.55. The molecule has 1 N–H and O–H groups in total. The molecule has 4 aliphatic rings. The van der Waals surface area contributed by atoms with Crippen molar-refractivity contribution in [3.05, 3.63) is 5.21 Å². The largest absolute Gasteiger partial charge is 0.621 e. The smallest absolute Gasteiger partial charge is 0.496 e. The first kappa shape index (κ1) is 22.2. The van der Waals surface area contributed by atoms with Crippen LogP contribution in [0.25, 0.3) is 0 Å². The van der Waals surface area contributed by atoms with E-state index in [0.29, 0.717) is 13.0 Å². The van der Waals surface area contributed by atoms with E-state index in [9.17, 15) is 23.2 Å². The fraction of sp³-hybridized carbons (Fsp3) is 0.950.